The number of carbonyl (C=O) groups excluding carboxylic acids is 1. The summed E-state index contributed by atoms with van der Waals surface area (Å²) in [5, 5.41) is 0.438. The molecule has 2 heterocycles. The van der Waals surface area contributed by atoms with Crippen LogP contribution in [0.2, 0.25) is 5.02 Å². The SMILES string of the molecule is O=C(CN1CCCC1)c1cc2c(cc1Cl)OCCO2. The molecule has 5 heteroatoms. The van der Waals surface area contributed by atoms with Gasteiger partial charge in [0.1, 0.15) is 13.2 Å². The molecule has 0 bridgehead atoms. The lowest BCUT2D eigenvalue weighted by molar-refractivity contribution is 0.0944. The first-order valence-electron chi connectivity index (χ1n) is 6.59. The fourth-order valence-corrected chi connectivity index (χ4v) is 2.77. The maximum Gasteiger partial charge on any atom is 0.178 e. The van der Waals surface area contributed by atoms with E-state index in [1.165, 1.54) is 12.8 Å². The highest BCUT2D eigenvalue weighted by molar-refractivity contribution is 6.34. The standard InChI is InChI=1S/C14H16ClNO3/c15-11-8-14-13(18-5-6-19-14)7-10(11)12(17)9-16-3-1-2-4-16/h7-8H,1-6,9H2. The summed E-state index contributed by atoms with van der Waals surface area (Å²) in [6, 6.07) is 3.38. The van der Waals surface area contributed by atoms with Crippen molar-refractivity contribution < 1.29 is 14.3 Å². The van der Waals surface area contributed by atoms with Crippen LogP contribution in [0.1, 0.15) is 23.2 Å². The van der Waals surface area contributed by atoms with E-state index in [1.54, 1.807) is 12.1 Å². The second-order valence-corrected chi connectivity index (χ2v) is 5.29. The first-order valence-corrected chi connectivity index (χ1v) is 6.96. The minimum atomic E-state index is 0.0453. The van der Waals surface area contributed by atoms with Gasteiger partial charge in [0, 0.05) is 11.6 Å². The zero-order valence-corrected chi connectivity index (χ0v) is 11.4. The summed E-state index contributed by atoms with van der Waals surface area (Å²) in [6.07, 6.45) is 2.34. The Bertz CT molecular complexity index is 498. The molecule has 2 aliphatic rings. The van der Waals surface area contributed by atoms with Crippen LogP contribution in [0.3, 0.4) is 0 Å². The van der Waals surface area contributed by atoms with Crippen LogP contribution in [-0.4, -0.2) is 43.5 Å². The predicted octanol–water partition coefficient (Wildman–Crippen LogP) is 2.39. The molecule has 0 unspecified atom stereocenters. The van der Waals surface area contributed by atoms with Crippen LogP contribution in [-0.2, 0) is 0 Å². The number of fused-ring (bicyclic) bond motifs is 1. The van der Waals surface area contributed by atoms with Gasteiger partial charge in [0.2, 0.25) is 0 Å². The molecule has 19 heavy (non-hydrogen) atoms. The van der Waals surface area contributed by atoms with Crippen molar-refractivity contribution in [2.24, 2.45) is 0 Å². The number of halogens is 1. The Morgan fingerprint density at radius 1 is 1.16 bits per heavy atom. The maximum atomic E-state index is 12.3. The number of hydrogen-bond donors (Lipinski definition) is 0. The second kappa shape index (κ2) is 5.39. The first-order chi connectivity index (χ1) is 9.24. The van der Waals surface area contributed by atoms with E-state index in [4.69, 9.17) is 21.1 Å². The number of Topliss-reactive ketones (excluding diaryl/α,β-unsaturated/α-hetero) is 1. The Balaban J connectivity index is 1.81. The third kappa shape index (κ3) is 2.69. The van der Waals surface area contributed by atoms with Gasteiger partial charge >= 0.3 is 0 Å². The number of ether oxygens (including phenoxy) is 2. The molecule has 0 radical (unpaired) electrons. The van der Waals surface area contributed by atoms with E-state index in [-0.39, 0.29) is 5.78 Å². The summed E-state index contributed by atoms with van der Waals surface area (Å²) in [6.45, 7) is 3.44. The van der Waals surface area contributed by atoms with E-state index in [0.717, 1.165) is 13.1 Å². The molecule has 3 rings (SSSR count). The number of carbonyl (C=O) groups is 1. The smallest absolute Gasteiger partial charge is 0.178 e. The lowest BCUT2D eigenvalue weighted by Crippen LogP contribution is -2.27. The normalized spacial score (nSPS) is 18.6. The van der Waals surface area contributed by atoms with E-state index in [9.17, 15) is 4.79 Å². The Hall–Kier alpha value is -1.26. The van der Waals surface area contributed by atoms with Gasteiger partial charge in [-0.2, -0.15) is 0 Å². The molecule has 102 valence electrons. The first kappa shape index (κ1) is 12.8. The molecule has 0 amide bonds. The Morgan fingerprint density at radius 2 is 1.79 bits per heavy atom. The van der Waals surface area contributed by atoms with Gasteiger partial charge in [0.25, 0.3) is 0 Å². The molecular weight excluding hydrogens is 266 g/mol. The van der Waals surface area contributed by atoms with Gasteiger partial charge in [-0.3, -0.25) is 9.69 Å². The van der Waals surface area contributed by atoms with Crippen molar-refractivity contribution in [3.05, 3.63) is 22.7 Å². The van der Waals surface area contributed by atoms with Crippen LogP contribution in [0, 0.1) is 0 Å². The van der Waals surface area contributed by atoms with Crippen molar-refractivity contribution >= 4 is 17.4 Å². The van der Waals surface area contributed by atoms with E-state index in [0.29, 0.717) is 41.8 Å². The zero-order valence-electron chi connectivity index (χ0n) is 10.7. The van der Waals surface area contributed by atoms with Crippen molar-refractivity contribution in [3.8, 4) is 11.5 Å². The molecule has 1 fully saturated rings. The Morgan fingerprint density at radius 3 is 2.47 bits per heavy atom. The minimum absolute atomic E-state index is 0.0453. The number of rotatable bonds is 3. The van der Waals surface area contributed by atoms with Crippen LogP contribution >= 0.6 is 11.6 Å². The molecule has 1 saturated heterocycles. The van der Waals surface area contributed by atoms with Crippen molar-refractivity contribution in [2.75, 3.05) is 32.8 Å². The molecule has 4 nitrogen and oxygen atoms in total. The number of likely N-dealkylation sites (tertiary alicyclic amines) is 1. The Kier molecular flexibility index (Phi) is 3.62. The van der Waals surface area contributed by atoms with Crippen LogP contribution in [0.4, 0.5) is 0 Å². The highest BCUT2D eigenvalue weighted by Gasteiger charge is 2.21. The van der Waals surface area contributed by atoms with Gasteiger partial charge < -0.3 is 9.47 Å². The molecule has 2 aliphatic heterocycles. The van der Waals surface area contributed by atoms with Gasteiger partial charge in [-0.25, -0.2) is 0 Å². The van der Waals surface area contributed by atoms with E-state index < -0.39 is 0 Å². The van der Waals surface area contributed by atoms with E-state index in [1.807, 2.05) is 0 Å². The summed E-state index contributed by atoms with van der Waals surface area (Å²) in [5.74, 6) is 1.28. The van der Waals surface area contributed by atoms with Crippen LogP contribution in [0.5, 0.6) is 11.5 Å². The maximum absolute atomic E-state index is 12.3. The van der Waals surface area contributed by atoms with Crippen molar-refractivity contribution in [1.82, 2.24) is 4.90 Å². The highest BCUT2D eigenvalue weighted by Crippen LogP contribution is 2.35. The third-order valence-corrected chi connectivity index (χ3v) is 3.81. The van der Waals surface area contributed by atoms with E-state index in [2.05, 4.69) is 4.90 Å². The number of hydrogen-bond acceptors (Lipinski definition) is 4. The van der Waals surface area contributed by atoms with E-state index >= 15 is 0 Å². The third-order valence-electron chi connectivity index (χ3n) is 3.50. The number of ketones is 1. The Labute approximate surface area is 117 Å². The topological polar surface area (TPSA) is 38.8 Å². The summed E-state index contributed by atoms with van der Waals surface area (Å²) in [4.78, 5) is 14.4. The van der Waals surface area contributed by atoms with Gasteiger partial charge in [-0.15, -0.1) is 0 Å². The van der Waals surface area contributed by atoms with Gasteiger partial charge in [0.05, 0.1) is 11.6 Å². The predicted molar refractivity (Wildman–Crippen MR) is 72.4 cm³/mol. The van der Waals surface area contributed by atoms with Crippen LogP contribution in [0.15, 0.2) is 12.1 Å². The molecule has 0 atom stereocenters. The molecule has 0 spiro atoms. The van der Waals surface area contributed by atoms with Crippen molar-refractivity contribution in [1.29, 1.82) is 0 Å². The molecule has 0 N–H and O–H groups in total. The number of nitrogens with zero attached hydrogens (tertiary/aromatic N) is 1. The summed E-state index contributed by atoms with van der Waals surface area (Å²) >= 11 is 6.17. The second-order valence-electron chi connectivity index (χ2n) is 4.88. The molecule has 1 aromatic carbocycles. The lowest BCUT2D eigenvalue weighted by atomic mass is 10.1. The average molecular weight is 282 g/mol. The van der Waals surface area contributed by atoms with Gasteiger partial charge in [-0.1, -0.05) is 11.6 Å². The average Bonchev–Trinajstić information content (AvgIpc) is 2.90. The lowest BCUT2D eigenvalue weighted by Gasteiger charge is -2.20. The quantitative estimate of drug-likeness (QED) is 0.798. The molecule has 1 aromatic rings. The monoisotopic (exact) mass is 281 g/mol. The fraction of sp³-hybridized carbons (Fsp3) is 0.500. The molecular formula is C14H16ClNO3. The summed E-state index contributed by atoms with van der Waals surface area (Å²) < 4.78 is 10.9. The van der Waals surface area contributed by atoms with Gasteiger partial charge in [-0.05, 0) is 32.0 Å². The van der Waals surface area contributed by atoms with Crippen LogP contribution < -0.4 is 9.47 Å². The fourth-order valence-electron chi connectivity index (χ4n) is 2.51. The molecule has 0 aromatic heterocycles. The molecule has 0 aliphatic carbocycles. The zero-order chi connectivity index (χ0) is 13.2. The minimum Gasteiger partial charge on any atom is -0.486 e. The van der Waals surface area contributed by atoms with Crippen molar-refractivity contribution in [2.45, 2.75) is 12.8 Å². The molecule has 0 saturated carbocycles. The highest BCUT2D eigenvalue weighted by atomic mass is 35.5. The summed E-state index contributed by atoms with van der Waals surface area (Å²) in [5.41, 5.74) is 0.526. The number of benzene rings is 1. The largest absolute Gasteiger partial charge is 0.486 e. The summed E-state index contributed by atoms with van der Waals surface area (Å²) in [7, 11) is 0. The van der Waals surface area contributed by atoms with Gasteiger partial charge in [0.15, 0.2) is 17.3 Å². The van der Waals surface area contributed by atoms with Crippen LogP contribution in [0.25, 0.3) is 0 Å². The van der Waals surface area contributed by atoms with Crippen molar-refractivity contribution in [3.63, 3.8) is 0 Å².